The molecule has 0 saturated carbocycles. The van der Waals surface area contributed by atoms with Crippen LogP contribution in [0.2, 0.25) is 0 Å². The monoisotopic (exact) mass is 480 g/mol. The van der Waals surface area contributed by atoms with E-state index in [1.54, 1.807) is 60.7 Å². The Morgan fingerprint density at radius 2 is 2.09 bits per heavy atom. The van der Waals surface area contributed by atoms with Gasteiger partial charge in [0, 0.05) is 49.8 Å². The van der Waals surface area contributed by atoms with Gasteiger partial charge in [0.25, 0.3) is 5.91 Å². The lowest BCUT2D eigenvalue weighted by Crippen LogP contribution is -2.69. The third-order valence-corrected chi connectivity index (χ3v) is 7.30. The summed E-state index contributed by atoms with van der Waals surface area (Å²) in [4.78, 5) is 47.7. The van der Waals surface area contributed by atoms with Gasteiger partial charge in [0.1, 0.15) is 11.9 Å². The molecule has 9 nitrogen and oxygen atoms in total. The minimum atomic E-state index is -0.901. The number of anilines is 2. The van der Waals surface area contributed by atoms with Crippen LogP contribution in [0.15, 0.2) is 48.1 Å². The summed E-state index contributed by atoms with van der Waals surface area (Å²) >= 11 is 1.59. The molecule has 178 valence electrons. The van der Waals surface area contributed by atoms with Gasteiger partial charge in [-0.15, -0.1) is 11.3 Å². The number of aryl methyl sites for hydroxylation is 1. The van der Waals surface area contributed by atoms with Crippen molar-refractivity contribution in [3.63, 3.8) is 0 Å². The quantitative estimate of drug-likeness (QED) is 0.496. The van der Waals surface area contributed by atoms with E-state index in [9.17, 15) is 14.4 Å². The van der Waals surface area contributed by atoms with Crippen LogP contribution in [0.3, 0.4) is 0 Å². The number of pyridine rings is 1. The highest BCUT2D eigenvalue weighted by Crippen LogP contribution is 2.35. The van der Waals surface area contributed by atoms with E-state index in [-0.39, 0.29) is 30.1 Å². The molecule has 3 amide bonds. The van der Waals surface area contributed by atoms with Crippen LogP contribution >= 0.6 is 11.3 Å². The van der Waals surface area contributed by atoms with Gasteiger partial charge in [-0.05, 0) is 42.0 Å². The number of aromatic nitrogens is 3. The smallest absolute Gasteiger partial charge is 0.252 e. The van der Waals surface area contributed by atoms with Gasteiger partial charge >= 0.3 is 0 Å². The molecule has 3 atom stereocenters. The van der Waals surface area contributed by atoms with E-state index >= 15 is 0 Å². The average Bonchev–Trinajstić information content (AvgIpc) is 3.50. The number of likely N-dealkylation sites (tertiary alicyclic amines) is 1. The van der Waals surface area contributed by atoms with Gasteiger partial charge in [-0.3, -0.25) is 28.9 Å². The van der Waals surface area contributed by atoms with Crippen LogP contribution in [-0.2, 0) is 27.9 Å². The van der Waals surface area contributed by atoms with Crippen molar-refractivity contribution >= 4 is 40.7 Å². The number of β-lactam (4-membered cyclic amide) rings is 1. The third kappa shape index (κ3) is 4.58. The maximum absolute atomic E-state index is 13.5. The zero-order chi connectivity index (χ0) is 24.4. The van der Waals surface area contributed by atoms with Gasteiger partial charge in [0.15, 0.2) is 5.82 Å². The van der Waals surface area contributed by atoms with Crippen LogP contribution < -0.4 is 10.6 Å². The number of carbonyl (C=O) groups excluding carboxylic acids is 3. The van der Waals surface area contributed by atoms with Crippen molar-refractivity contribution in [3.8, 4) is 0 Å². The predicted molar refractivity (Wildman–Crippen MR) is 130 cm³/mol. The lowest BCUT2D eigenvalue weighted by atomic mass is 9.80. The predicted octanol–water partition coefficient (Wildman–Crippen LogP) is 2.60. The van der Waals surface area contributed by atoms with E-state index in [1.165, 1.54) is 4.90 Å². The summed E-state index contributed by atoms with van der Waals surface area (Å²) in [5.41, 5.74) is 6.59. The van der Waals surface area contributed by atoms with E-state index < -0.39 is 12.0 Å². The molecular formula is C24H28N6O3S. The van der Waals surface area contributed by atoms with Crippen LogP contribution in [0.1, 0.15) is 36.1 Å². The molecule has 0 unspecified atom stereocenters. The summed E-state index contributed by atoms with van der Waals surface area (Å²) in [6.45, 7) is 2.02. The van der Waals surface area contributed by atoms with E-state index in [2.05, 4.69) is 10.1 Å². The average molecular weight is 481 g/mol. The third-order valence-electron chi connectivity index (χ3n) is 6.27. The minimum absolute atomic E-state index is 0.00335. The molecule has 1 saturated heterocycles. The van der Waals surface area contributed by atoms with Crippen molar-refractivity contribution < 1.29 is 14.4 Å². The number of imide groups is 1. The molecule has 34 heavy (non-hydrogen) atoms. The number of likely N-dealkylation sites (N-methyl/N-ethyl adjacent to an activating group) is 1. The number of hydrogen-bond donors (Lipinski definition) is 1. The Kier molecular flexibility index (Phi) is 6.78. The van der Waals surface area contributed by atoms with Crippen molar-refractivity contribution in [2.24, 2.45) is 13.0 Å². The maximum atomic E-state index is 13.5. The van der Waals surface area contributed by atoms with Crippen molar-refractivity contribution in [1.82, 2.24) is 19.7 Å². The number of nitrogens with zero attached hydrogens (tertiary/aromatic N) is 5. The molecule has 3 aromatic heterocycles. The van der Waals surface area contributed by atoms with Gasteiger partial charge < -0.3 is 5.73 Å². The SMILES string of the molecule is CC[C@@H](CC(=O)N1C(=O)[C@H](Cc2ccnc(N)c2)[C@H]1C(=O)N(C)c1ccn(C)n1)c1cccs1. The first-order chi connectivity index (χ1) is 16.3. The molecule has 0 radical (unpaired) electrons. The fourth-order valence-electron chi connectivity index (χ4n) is 4.36. The molecule has 10 heteroatoms. The van der Waals surface area contributed by atoms with E-state index in [0.29, 0.717) is 18.1 Å². The molecule has 0 spiro atoms. The zero-order valence-electron chi connectivity index (χ0n) is 19.4. The van der Waals surface area contributed by atoms with Crippen molar-refractivity contribution in [2.75, 3.05) is 17.7 Å². The topological polar surface area (TPSA) is 114 Å². The Labute approximate surface area is 202 Å². The fourth-order valence-corrected chi connectivity index (χ4v) is 5.27. The van der Waals surface area contributed by atoms with Crippen LogP contribution in [0.25, 0.3) is 0 Å². The van der Waals surface area contributed by atoms with Gasteiger partial charge in [0.05, 0.1) is 5.92 Å². The Hall–Kier alpha value is -3.53. The molecule has 0 aromatic carbocycles. The Morgan fingerprint density at radius 3 is 2.71 bits per heavy atom. The van der Waals surface area contributed by atoms with Gasteiger partial charge in [0.2, 0.25) is 11.8 Å². The largest absolute Gasteiger partial charge is 0.384 e. The van der Waals surface area contributed by atoms with Crippen LogP contribution in [0.5, 0.6) is 0 Å². The fraction of sp³-hybridized carbons (Fsp3) is 0.375. The summed E-state index contributed by atoms with van der Waals surface area (Å²) in [5.74, 6) is -0.876. The van der Waals surface area contributed by atoms with Crippen LogP contribution in [0.4, 0.5) is 11.6 Å². The normalized spacial score (nSPS) is 18.4. The Morgan fingerprint density at radius 1 is 1.29 bits per heavy atom. The molecule has 2 N–H and O–H groups in total. The maximum Gasteiger partial charge on any atom is 0.252 e. The van der Waals surface area contributed by atoms with Gasteiger partial charge in [-0.2, -0.15) is 5.10 Å². The van der Waals surface area contributed by atoms with Gasteiger partial charge in [-0.1, -0.05) is 13.0 Å². The number of carbonyl (C=O) groups is 3. The summed E-state index contributed by atoms with van der Waals surface area (Å²) < 4.78 is 1.60. The Bertz CT molecular complexity index is 1190. The molecular weight excluding hydrogens is 452 g/mol. The highest BCUT2D eigenvalue weighted by Gasteiger charge is 2.55. The van der Waals surface area contributed by atoms with Crippen LogP contribution in [0, 0.1) is 5.92 Å². The van der Waals surface area contributed by atoms with E-state index in [4.69, 9.17) is 5.73 Å². The van der Waals surface area contributed by atoms with Crippen LogP contribution in [-0.4, -0.2) is 50.5 Å². The molecule has 0 bridgehead atoms. The lowest BCUT2D eigenvalue weighted by Gasteiger charge is -2.46. The second-order valence-electron chi connectivity index (χ2n) is 8.52. The summed E-state index contributed by atoms with van der Waals surface area (Å²) in [7, 11) is 3.37. The first-order valence-electron chi connectivity index (χ1n) is 11.2. The number of hydrogen-bond acceptors (Lipinski definition) is 7. The zero-order valence-corrected chi connectivity index (χ0v) is 20.2. The van der Waals surface area contributed by atoms with Crippen molar-refractivity contribution in [2.45, 2.75) is 38.1 Å². The number of amides is 3. The molecule has 4 heterocycles. The molecule has 1 aliphatic rings. The second kappa shape index (κ2) is 9.76. The number of rotatable bonds is 8. The lowest BCUT2D eigenvalue weighted by molar-refractivity contribution is -0.170. The molecule has 1 fully saturated rings. The molecule has 3 aromatic rings. The standard InChI is InChI=1S/C24H28N6O3S/c1-4-16(18-6-5-11-34-18)14-21(31)30-22(24(33)29(3)20-8-10-28(2)27-20)17(23(30)32)12-15-7-9-26-19(25)13-15/h5-11,13,16-17,22H,4,12,14H2,1-3H3,(H2,25,26)/t16-,17+,22-/m0/s1. The van der Waals surface area contributed by atoms with Crippen molar-refractivity contribution in [1.29, 1.82) is 0 Å². The first-order valence-corrected chi connectivity index (χ1v) is 12.0. The van der Waals surface area contributed by atoms with E-state index in [1.807, 2.05) is 24.4 Å². The molecule has 4 rings (SSSR count). The Balaban J connectivity index is 1.59. The molecule has 1 aliphatic heterocycles. The number of nitrogens with two attached hydrogens (primary N) is 1. The molecule has 0 aliphatic carbocycles. The number of thiophene rings is 1. The summed E-state index contributed by atoms with van der Waals surface area (Å²) in [6, 6.07) is 8.22. The highest BCUT2D eigenvalue weighted by atomic mass is 32.1. The second-order valence-corrected chi connectivity index (χ2v) is 9.50. The summed E-state index contributed by atoms with van der Waals surface area (Å²) in [5, 5.41) is 6.26. The van der Waals surface area contributed by atoms with Gasteiger partial charge in [-0.25, -0.2) is 4.98 Å². The summed E-state index contributed by atoms with van der Waals surface area (Å²) in [6.07, 6.45) is 4.54. The number of nitrogen functional groups attached to an aromatic ring is 1. The highest BCUT2D eigenvalue weighted by molar-refractivity contribution is 7.10. The first kappa shape index (κ1) is 23.6. The van der Waals surface area contributed by atoms with E-state index in [0.717, 1.165) is 21.8 Å². The van der Waals surface area contributed by atoms with Crippen molar-refractivity contribution in [3.05, 3.63) is 58.5 Å². The minimum Gasteiger partial charge on any atom is -0.384 e.